The normalized spacial score (nSPS) is 15.0. The van der Waals surface area contributed by atoms with Crippen LogP contribution < -0.4 is 5.32 Å². The lowest BCUT2D eigenvalue weighted by Crippen LogP contribution is -2.51. The van der Waals surface area contributed by atoms with Crippen LogP contribution >= 0.6 is 0 Å². The summed E-state index contributed by atoms with van der Waals surface area (Å²) < 4.78 is 0. The van der Waals surface area contributed by atoms with Gasteiger partial charge in [0, 0.05) is 12.7 Å². The van der Waals surface area contributed by atoms with E-state index in [2.05, 4.69) is 5.32 Å². The average Bonchev–Trinajstić information content (AvgIpc) is 2.59. The summed E-state index contributed by atoms with van der Waals surface area (Å²) >= 11 is 0. The molecule has 1 aliphatic rings. The highest BCUT2D eigenvalue weighted by atomic mass is 16.2. The van der Waals surface area contributed by atoms with Crippen LogP contribution in [0.2, 0.25) is 0 Å². The van der Waals surface area contributed by atoms with Crippen LogP contribution in [0.5, 0.6) is 0 Å². The molecule has 1 aliphatic carbocycles. The zero-order valence-electron chi connectivity index (χ0n) is 15.7. The number of hydrogen-bond acceptors (Lipinski definition) is 2. The van der Waals surface area contributed by atoms with Gasteiger partial charge in [-0.15, -0.1) is 0 Å². The smallest absolute Gasteiger partial charge is 0.243 e. The zero-order valence-corrected chi connectivity index (χ0v) is 15.7. The Balaban J connectivity index is 1.69. The van der Waals surface area contributed by atoms with E-state index in [-0.39, 0.29) is 18.4 Å². The number of carbonyl (C=O) groups is 2. The van der Waals surface area contributed by atoms with Crippen LogP contribution in [0, 0.1) is 13.8 Å². The Morgan fingerprint density at radius 1 is 1.04 bits per heavy atom. The van der Waals surface area contributed by atoms with Crippen molar-refractivity contribution in [1.29, 1.82) is 0 Å². The summed E-state index contributed by atoms with van der Waals surface area (Å²) in [5, 5.41) is 2.93. The van der Waals surface area contributed by atoms with Crippen molar-refractivity contribution in [3.05, 3.63) is 65.2 Å². The molecule has 2 aromatic carbocycles. The molecule has 0 atom stereocenters. The van der Waals surface area contributed by atoms with Crippen LogP contribution in [-0.2, 0) is 15.0 Å². The first-order valence-electron chi connectivity index (χ1n) is 9.11. The molecule has 2 amide bonds. The fourth-order valence-electron chi connectivity index (χ4n) is 3.64. The third-order valence-corrected chi connectivity index (χ3v) is 5.55. The number of aryl methyl sites for hydroxylation is 1. The number of anilines is 1. The molecule has 1 fully saturated rings. The van der Waals surface area contributed by atoms with E-state index in [0.29, 0.717) is 0 Å². The number of benzene rings is 2. The van der Waals surface area contributed by atoms with Crippen molar-refractivity contribution in [2.24, 2.45) is 0 Å². The third kappa shape index (κ3) is 3.36. The molecule has 0 unspecified atom stereocenters. The number of nitrogens with one attached hydrogen (secondary N) is 1. The molecular formula is C22H26N2O2. The average molecular weight is 350 g/mol. The molecule has 0 spiro atoms. The van der Waals surface area contributed by atoms with Gasteiger partial charge in [-0.05, 0) is 49.4 Å². The first kappa shape index (κ1) is 18.2. The molecular weight excluding hydrogens is 324 g/mol. The third-order valence-electron chi connectivity index (χ3n) is 5.55. The molecule has 0 saturated heterocycles. The van der Waals surface area contributed by atoms with Gasteiger partial charge in [-0.25, -0.2) is 0 Å². The topological polar surface area (TPSA) is 49.4 Å². The molecule has 0 radical (unpaired) electrons. The van der Waals surface area contributed by atoms with E-state index in [1.165, 1.54) is 0 Å². The van der Waals surface area contributed by atoms with Crippen molar-refractivity contribution in [3.63, 3.8) is 0 Å². The molecule has 3 rings (SSSR count). The molecule has 1 saturated carbocycles. The largest absolute Gasteiger partial charge is 0.336 e. The van der Waals surface area contributed by atoms with Crippen LogP contribution in [-0.4, -0.2) is 30.3 Å². The number of rotatable bonds is 5. The van der Waals surface area contributed by atoms with Crippen LogP contribution in [0.1, 0.15) is 36.0 Å². The lowest BCUT2D eigenvalue weighted by Gasteiger charge is -2.43. The van der Waals surface area contributed by atoms with Gasteiger partial charge in [0.2, 0.25) is 11.8 Å². The second kappa shape index (κ2) is 7.32. The number of carbonyl (C=O) groups excluding carboxylic acids is 2. The van der Waals surface area contributed by atoms with Crippen molar-refractivity contribution in [2.75, 3.05) is 18.9 Å². The minimum Gasteiger partial charge on any atom is -0.336 e. The zero-order chi connectivity index (χ0) is 18.7. The summed E-state index contributed by atoms with van der Waals surface area (Å²) in [4.78, 5) is 27.1. The van der Waals surface area contributed by atoms with Gasteiger partial charge in [-0.1, -0.05) is 48.9 Å². The Morgan fingerprint density at radius 3 is 2.35 bits per heavy atom. The highest BCUT2D eigenvalue weighted by molar-refractivity contribution is 5.97. The minimum absolute atomic E-state index is 0.0334. The lowest BCUT2D eigenvalue weighted by molar-refractivity contribution is -0.141. The fraction of sp³-hybridized carbons (Fsp3) is 0.364. The second-order valence-corrected chi connectivity index (χ2v) is 7.26. The molecule has 0 aliphatic heterocycles. The van der Waals surface area contributed by atoms with E-state index >= 15 is 0 Å². The highest BCUT2D eigenvalue weighted by Crippen LogP contribution is 2.44. The fourth-order valence-corrected chi connectivity index (χ4v) is 3.64. The Labute approximate surface area is 155 Å². The van der Waals surface area contributed by atoms with Crippen molar-refractivity contribution >= 4 is 17.5 Å². The number of nitrogens with zero attached hydrogens (tertiary/aromatic N) is 1. The Hall–Kier alpha value is -2.62. The summed E-state index contributed by atoms with van der Waals surface area (Å²) in [5.41, 5.74) is 3.57. The number of likely N-dealkylation sites (N-methyl/N-ethyl adjacent to an activating group) is 1. The van der Waals surface area contributed by atoms with Gasteiger partial charge in [0.05, 0.1) is 12.0 Å². The van der Waals surface area contributed by atoms with Crippen molar-refractivity contribution in [2.45, 2.75) is 38.5 Å². The summed E-state index contributed by atoms with van der Waals surface area (Å²) in [6.07, 6.45) is 2.74. The van der Waals surface area contributed by atoms with Gasteiger partial charge in [-0.3, -0.25) is 9.59 Å². The Kier molecular flexibility index (Phi) is 5.12. The predicted octanol–water partition coefficient (Wildman–Crippen LogP) is 3.82. The van der Waals surface area contributed by atoms with Gasteiger partial charge in [0.15, 0.2) is 0 Å². The molecule has 2 aromatic rings. The molecule has 1 N–H and O–H groups in total. The SMILES string of the molecule is Cc1cccc(NC(=O)CN(C)C(=O)C2(c3ccccc3)CCC2)c1C. The maximum absolute atomic E-state index is 13.1. The maximum Gasteiger partial charge on any atom is 0.243 e. The minimum atomic E-state index is -0.463. The predicted molar refractivity (Wildman–Crippen MR) is 104 cm³/mol. The van der Waals surface area contributed by atoms with Crippen LogP contribution in [0.3, 0.4) is 0 Å². The molecule has 4 nitrogen and oxygen atoms in total. The summed E-state index contributed by atoms with van der Waals surface area (Å²) in [5.74, 6) is -0.136. The second-order valence-electron chi connectivity index (χ2n) is 7.26. The van der Waals surface area contributed by atoms with Gasteiger partial charge in [0.1, 0.15) is 0 Å². The number of hydrogen-bond donors (Lipinski definition) is 1. The van der Waals surface area contributed by atoms with Gasteiger partial charge in [0.25, 0.3) is 0 Å². The van der Waals surface area contributed by atoms with E-state index in [1.54, 1.807) is 11.9 Å². The first-order valence-corrected chi connectivity index (χ1v) is 9.11. The Bertz CT molecular complexity index is 810. The molecule has 0 aromatic heterocycles. The summed E-state index contributed by atoms with van der Waals surface area (Å²) in [6.45, 7) is 4.06. The van der Waals surface area contributed by atoms with Gasteiger partial charge < -0.3 is 10.2 Å². The Morgan fingerprint density at radius 2 is 1.73 bits per heavy atom. The monoisotopic (exact) mass is 350 g/mol. The maximum atomic E-state index is 13.1. The summed E-state index contributed by atoms with van der Waals surface area (Å²) in [7, 11) is 1.72. The van der Waals surface area contributed by atoms with Crippen LogP contribution in [0.15, 0.2) is 48.5 Å². The van der Waals surface area contributed by atoms with Gasteiger partial charge in [-0.2, -0.15) is 0 Å². The van der Waals surface area contributed by atoms with E-state index in [1.807, 2.05) is 62.4 Å². The van der Waals surface area contributed by atoms with Crippen molar-refractivity contribution in [1.82, 2.24) is 4.90 Å². The highest BCUT2D eigenvalue weighted by Gasteiger charge is 2.47. The quantitative estimate of drug-likeness (QED) is 0.891. The number of amides is 2. The van der Waals surface area contributed by atoms with Crippen LogP contribution in [0.25, 0.3) is 0 Å². The lowest BCUT2D eigenvalue weighted by atomic mass is 9.63. The van der Waals surface area contributed by atoms with E-state index < -0.39 is 5.41 Å². The molecule has 0 bridgehead atoms. The molecule has 136 valence electrons. The van der Waals surface area contributed by atoms with Crippen molar-refractivity contribution in [3.8, 4) is 0 Å². The summed E-state index contributed by atoms with van der Waals surface area (Å²) in [6, 6.07) is 15.8. The van der Waals surface area contributed by atoms with E-state index in [9.17, 15) is 9.59 Å². The van der Waals surface area contributed by atoms with E-state index in [4.69, 9.17) is 0 Å². The molecule has 4 heteroatoms. The van der Waals surface area contributed by atoms with E-state index in [0.717, 1.165) is 41.6 Å². The molecule has 0 heterocycles. The van der Waals surface area contributed by atoms with Crippen molar-refractivity contribution < 1.29 is 9.59 Å². The first-order chi connectivity index (χ1) is 12.4. The molecule has 26 heavy (non-hydrogen) atoms. The van der Waals surface area contributed by atoms with Gasteiger partial charge >= 0.3 is 0 Å². The van der Waals surface area contributed by atoms with Crippen LogP contribution in [0.4, 0.5) is 5.69 Å². The standard InChI is InChI=1S/C22H26N2O2/c1-16-9-7-12-19(17(16)2)23-20(25)15-24(3)21(26)22(13-8-14-22)18-10-5-4-6-11-18/h4-7,9-12H,8,13-15H2,1-3H3,(H,23,25).